The highest BCUT2D eigenvalue weighted by Gasteiger charge is 2.26. The minimum Gasteiger partial charge on any atom is -0.458 e. The summed E-state index contributed by atoms with van der Waals surface area (Å²) in [6, 6.07) is 4.10. The third-order valence-electron chi connectivity index (χ3n) is 5.19. The minimum absolute atomic E-state index is 0.0484. The van der Waals surface area contributed by atoms with Crippen LogP contribution in [0.5, 0.6) is 0 Å². The second-order valence-corrected chi connectivity index (χ2v) is 9.07. The third-order valence-corrected chi connectivity index (χ3v) is 6.41. The second-order valence-electron chi connectivity index (χ2n) is 7.38. The van der Waals surface area contributed by atoms with Gasteiger partial charge in [-0.1, -0.05) is 25.2 Å². The molecule has 11 nitrogen and oxygen atoms in total. The molecule has 0 amide bonds. The molecule has 3 rings (SSSR count). The van der Waals surface area contributed by atoms with Gasteiger partial charge in [-0.25, -0.2) is 13.2 Å². The molecule has 1 unspecified atom stereocenters. The number of rotatable bonds is 11. The van der Waals surface area contributed by atoms with E-state index in [1.54, 1.807) is 0 Å². The number of carbonyl (C=O) groups excluding carboxylic acids is 1. The predicted octanol–water partition coefficient (Wildman–Crippen LogP) is 3.64. The van der Waals surface area contributed by atoms with Crippen LogP contribution in [0.15, 0.2) is 22.4 Å². The van der Waals surface area contributed by atoms with Crippen LogP contribution in [0.25, 0.3) is 0 Å². The Bertz CT molecular complexity index is 1060. The Morgan fingerprint density at radius 3 is 2.79 bits per heavy atom. The van der Waals surface area contributed by atoms with Crippen molar-refractivity contribution in [3.8, 4) is 0 Å². The fourth-order valence-electron chi connectivity index (χ4n) is 3.72. The first-order valence-corrected chi connectivity index (χ1v) is 12.7. The number of hydrogen-bond donors (Lipinski definition) is 2. The van der Waals surface area contributed by atoms with E-state index >= 15 is 0 Å². The molecule has 2 aromatic rings. The zero-order valence-electron chi connectivity index (χ0n) is 18.8. The average Bonchev–Trinajstić information content (AvgIpc) is 3.27. The SMILES string of the molecule is CCCN1c2cc(N[SH](=O)=O)c(N=Nc3nnc(C(=O)OCCOC)s3)cc2CCC1CC. The van der Waals surface area contributed by atoms with Crippen molar-refractivity contribution in [1.82, 2.24) is 10.2 Å². The van der Waals surface area contributed by atoms with Gasteiger partial charge < -0.3 is 14.4 Å². The van der Waals surface area contributed by atoms with Gasteiger partial charge in [-0.15, -0.1) is 20.4 Å². The Morgan fingerprint density at radius 2 is 2.09 bits per heavy atom. The number of nitrogens with zero attached hydrogens (tertiary/aromatic N) is 5. The first-order valence-electron chi connectivity index (χ1n) is 10.7. The van der Waals surface area contributed by atoms with Crippen molar-refractivity contribution in [1.29, 1.82) is 0 Å². The molecule has 1 aromatic heterocycles. The molecule has 2 heterocycles. The Labute approximate surface area is 198 Å². The van der Waals surface area contributed by atoms with Crippen LogP contribution in [-0.4, -0.2) is 57.5 Å². The van der Waals surface area contributed by atoms with Crippen molar-refractivity contribution in [3.05, 3.63) is 22.7 Å². The normalized spacial score (nSPS) is 15.8. The van der Waals surface area contributed by atoms with E-state index in [4.69, 9.17) is 9.47 Å². The number of aryl methyl sites for hydroxylation is 1. The fourth-order valence-corrected chi connectivity index (χ4v) is 4.65. The monoisotopic (exact) mass is 496 g/mol. The van der Waals surface area contributed by atoms with Crippen LogP contribution >= 0.6 is 11.3 Å². The van der Waals surface area contributed by atoms with Gasteiger partial charge in [0.2, 0.25) is 15.9 Å². The quantitative estimate of drug-likeness (QED) is 0.208. The van der Waals surface area contributed by atoms with Gasteiger partial charge in [0.1, 0.15) is 12.3 Å². The lowest BCUT2D eigenvalue weighted by atomic mass is 9.93. The fraction of sp³-hybridized carbons (Fsp3) is 0.550. The summed E-state index contributed by atoms with van der Waals surface area (Å²) in [5.74, 6) is -0.619. The van der Waals surface area contributed by atoms with Crippen molar-refractivity contribution in [3.63, 3.8) is 0 Å². The molecule has 0 aliphatic carbocycles. The van der Waals surface area contributed by atoms with Gasteiger partial charge in [0.05, 0.1) is 12.3 Å². The van der Waals surface area contributed by atoms with Crippen molar-refractivity contribution in [2.24, 2.45) is 10.2 Å². The van der Waals surface area contributed by atoms with E-state index < -0.39 is 16.9 Å². The molecule has 0 saturated heterocycles. The number of hydrogen-bond acceptors (Lipinski definition) is 11. The number of benzene rings is 1. The highest BCUT2D eigenvalue weighted by Crippen LogP contribution is 2.40. The topological polar surface area (TPSA) is 135 Å². The van der Waals surface area contributed by atoms with Gasteiger partial charge in [-0.3, -0.25) is 4.72 Å². The molecular weight excluding hydrogens is 468 g/mol. The van der Waals surface area contributed by atoms with E-state index in [1.165, 1.54) is 7.11 Å². The largest absolute Gasteiger partial charge is 0.458 e. The van der Waals surface area contributed by atoms with Gasteiger partial charge >= 0.3 is 5.97 Å². The van der Waals surface area contributed by atoms with Gasteiger partial charge in [-0.2, -0.15) is 0 Å². The number of aromatic nitrogens is 2. The van der Waals surface area contributed by atoms with E-state index in [2.05, 4.69) is 43.9 Å². The van der Waals surface area contributed by atoms with Crippen molar-refractivity contribution in [2.45, 2.75) is 45.6 Å². The zero-order chi connectivity index (χ0) is 23.8. The Hall–Kier alpha value is -2.64. The summed E-state index contributed by atoms with van der Waals surface area (Å²) in [5.41, 5.74) is 2.83. The maximum atomic E-state index is 12.0. The smallest absolute Gasteiger partial charge is 0.369 e. The molecule has 0 spiro atoms. The molecule has 0 saturated carbocycles. The van der Waals surface area contributed by atoms with Crippen LogP contribution < -0.4 is 9.62 Å². The van der Waals surface area contributed by atoms with Crippen LogP contribution in [0.3, 0.4) is 0 Å². The molecule has 1 N–H and O–H groups in total. The molecule has 180 valence electrons. The molecule has 1 aliphatic heterocycles. The third kappa shape index (κ3) is 6.45. The number of methoxy groups -OCH3 is 1. The van der Waals surface area contributed by atoms with Gasteiger partial charge in [0.25, 0.3) is 5.13 Å². The van der Waals surface area contributed by atoms with Crippen LogP contribution in [0.4, 0.5) is 22.2 Å². The lowest BCUT2D eigenvalue weighted by molar-refractivity contribution is 0.0387. The van der Waals surface area contributed by atoms with Crippen LogP contribution in [0.1, 0.15) is 48.5 Å². The van der Waals surface area contributed by atoms with Gasteiger partial charge in [0.15, 0.2) is 0 Å². The van der Waals surface area contributed by atoms with Crippen molar-refractivity contribution >= 4 is 50.4 Å². The summed E-state index contributed by atoms with van der Waals surface area (Å²) in [4.78, 5) is 14.3. The molecule has 33 heavy (non-hydrogen) atoms. The number of ether oxygens (including phenoxy) is 2. The van der Waals surface area contributed by atoms with Crippen LogP contribution in [0.2, 0.25) is 0 Å². The Morgan fingerprint density at radius 1 is 1.27 bits per heavy atom. The maximum Gasteiger partial charge on any atom is 0.369 e. The molecule has 1 aliphatic rings. The second kappa shape index (κ2) is 12.0. The van der Waals surface area contributed by atoms with E-state index in [9.17, 15) is 13.2 Å². The Balaban J connectivity index is 1.87. The zero-order valence-corrected chi connectivity index (χ0v) is 20.5. The standard InChI is InChI=1S/C20H28N6O5S2/c1-4-8-26-14(5-2)7-6-13-11-15(16(12-17(13)26)25-33(28)29)21-23-20-24-22-18(32-20)19(27)31-10-9-30-3/h11-12,14,33H,4-10H2,1-3H3,(H,25,28,29). The first kappa shape index (κ1) is 25.0. The van der Waals surface area contributed by atoms with Gasteiger partial charge in [0, 0.05) is 25.4 Å². The van der Waals surface area contributed by atoms with Crippen LogP contribution in [-0.2, 0) is 26.8 Å². The van der Waals surface area contributed by atoms with Crippen molar-refractivity contribution < 1.29 is 22.7 Å². The lowest BCUT2D eigenvalue weighted by Gasteiger charge is -2.39. The van der Waals surface area contributed by atoms with E-state index in [0.29, 0.717) is 17.4 Å². The van der Waals surface area contributed by atoms with E-state index in [-0.39, 0.29) is 23.4 Å². The molecule has 1 aromatic carbocycles. The average molecular weight is 497 g/mol. The number of fused-ring (bicyclic) bond motifs is 1. The number of carbonyl (C=O) groups is 1. The summed E-state index contributed by atoms with van der Waals surface area (Å²) >= 11 is 0.931. The predicted molar refractivity (Wildman–Crippen MR) is 127 cm³/mol. The highest BCUT2D eigenvalue weighted by molar-refractivity contribution is 7.73. The number of thiol groups is 1. The van der Waals surface area contributed by atoms with Gasteiger partial charge in [-0.05, 0) is 43.4 Å². The summed E-state index contributed by atoms with van der Waals surface area (Å²) < 4.78 is 35.2. The molecule has 0 fully saturated rings. The van der Waals surface area contributed by atoms with Crippen molar-refractivity contribution in [2.75, 3.05) is 36.5 Å². The summed E-state index contributed by atoms with van der Waals surface area (Å²) in [6.45, 7) is 5.57. The molecule has 1 atom stereocenters. The highest BCUT2D eigenvalue weighted by atomic mass is 32.2. The number of nitrogens with one attached hydrogen (secondary N) is 1. The molecule has 0 radical (unpaired) electrons. The lowest BCUT2D eigenvalue weighted by Crippen LogP contribution is -2.39. The Kier molecular flexibility index (Phi) is 9.09. The van der Waals surface area contributed by atoms with E-state index in [1.807, 2.05) is 12.1 Å². The summed E-state index contributed by atoms with van der Waals surface area (Å²) in [7, 11) is -1.38. The number of azo groups is 1. The van der Waals surface area contributed by atoms with Crippen LogP contribution in [0, 0.1) is 0 Å². The molecular formula is C20H28N6O5S2. The minimum atomic E-state index is -2.89. The number of anilines is 2. The summed E-state index contributed by atoms with van der Waals surface area (Å²) in [6.07, 6.45) is 3.90. The molecule has 0 bridgehead atoms. The van der Waals surface area contributed by atoms with E-state index in [0.717, 1.165) is 54.8 Å². The first-order chi connectivity index (χ1) is 16.0. The summed E-state index contributed by atoms with van der Waals surface area (Å²) in [5, 5.41) is 16.1. The maximum absolute atomic E-state index is 12.0. The molecule has 13 heteroatoms. The number of esters is 1.